The van der Waals surface area contributed by atoms with E-state index in [9.17, 15) is 9.59 Å². The molecule has 1 heterocycles. The number of halogens is 1. The third-order valence-corrected chi connectivity index (χ3v) is 2.93. The van der Waals surface area contributed by atoms with Crippen LogP contribution >= 0.6 is 15.9 Å². The number of carbonyl (C=O) groups is 1. The number of benzene rings is 1. The molecule has 2 rings (SSSR count). The van der Waals surface area contributed by atoms with Gasteiger partial charge in [0.2, 0.25) is 0 Å². The zero-order valence-corrected chi connectivity index (χ0v) is 11.2. The molecular formula is C13H11BrN2O2. The maximum atomic E-state index is 11.9. The molecule has 1 amide bonds. The van der Waals surface area contributed by atoms with Crippen molar-refractivity contribution in [3.05, 3.63) is 62.5 Å². The molecule has 1 aromatic carbocycles. The largest absolute Gasteiger partial charge is 0.326 e. The van der Waals surface area contributed by atoms with Crippen molar-refractivity contribution in [2.24, 2.45) is 0 Å². The summed E-state index contributed by atoms with van der Waals surface area (Å²) in [5.41, 5.74) is 1.08. The van der Waals surface area contributed by atoms with Gasteiger partial charge in [-0.2, -0.15) is 0 Å². The Labute approximate surface area is 112 Å². The molecule has 4 nitrogen and oxygen atoms in total. The average Bonchev–Trinajstić information content (AvgIpc) is 2.32. The number of amides is 1. The summed E-state index contributed by atoms with van der Waals surface area (Å²) in [6.07, 6.45) is 0. The number of nitrogens with one attached hydrogen (secondary N) is 2. The first kappa shape index (κ1) is 12.6. The molecular weight excluding hydrogens is 296 g/mol. The van der Waals surface area contributed by atoms with Gasteiger partial charge in [0, 0.05) is 15.9 Å². The van der Waals surface area contributed by atoms with Crippen molar-refractivity contribution in [3.63, 3.8) is 0 Å². The third kappa shape index (κ3) is 2.87. The topological polar surface area (TPSA) is 62.0 Å². The lowest BCUT2D eigenvalue weighted by atomic mass is 10.2. The van der Waals surface area contributed by atoms with Crippen LogP contribution in [0.25, 0.3) is 0 Å². The van der Waals surface area contributed by atoms with Gasteiger partial charge in [0.1, 0.15) is 5.56 Å². The molecule has 92 valence electrons. The van der Waals surface area contributed by atoms with Crippen LogP contribution in [-0.2, 0) is 0 Å². The quantitative estimate of drug-likeness (QED) is 0.896. The van der Waals surface area contributed by atoms with E-state index in [-0.39, 0.29) is 11.1 Å². The lowest BCUT2D eigenvalue weighted by Crippen LogP contribution is -2.23. The number of carbonyl (C=O) groups excluding carboxylic acids is 1. The van der Waals surface area contributed by atoms with Crippen LogP contribution in [0.1, 0.15) is 16.1 Å². The Bertz CT molecular complexity index is 632. The highest BCUT2D eigenvalue weighted by molar-refractivity contribution is 9.10. The van der Waals surface area contributed by atoms with Gasteiger partial charge in [-0.1, -0.05) is 15.9 Å². The molecule has 0 aliphatic heterocycles. The van der Waals surface area contributed by atoms with Gasteiger partial charge >= 0.3 is 0 Å². The van der Waals surface area contributed by atoms with E-state index in [4.69, 9.17) is 0 Å². The molecule has 0 aliphatic carbocycles. The van der Waals surface area contributed by atoms with Crippen LogP contribution in [0.15, 0.2) is 45.7 Å². The minimum absolute atomic E-state index is 0.100. The number of aromatic nitrogens is 1. The Morgan fingerprint density at radius 2 is 1.83 bits per heavy atom. The van der Waals surface area contributed by atoms with E-state index in [1.165, 1.54) is 6.07 Å². The Hall–Kier alpha value is -1.88. The van der Waals surface area contributed by atoms with Crippen LogP contribution in [0.5, 0.6) is 0 Å². The van der Waals surface area contributed by atoms with Crippen molar-refractivity contribution in [2.45, 2.75) is 6.92 Å². The molecule has 2 aromatic rings. The van der Waals surface area contributed by atoms with Crippen molar-refractivity contribution < 1.29 is 4.79 Å². The maximum Gasteiger partial charge on any atom is 0.261 e. The summed E-state index contributed by atoms with van der Waals surface area (Å²) >= 11 is 3.31. The van der Waals surface area contributed by atoms with Gasteiger partial charge in [-0.05, 0) is 43.3 Å². The van der Waals surface area contributed by atoms with E-state index in [1.807, 2.05) is 12.1 Å². The maximum absolute atomic E-state index is 11.9. The molecule has 0 saturated heterocycles. The minimum Gasteiger partial charge on any atom is -0.326 e. The highest BCUT2D eigenvalue weighted by Gasteiger charge is 2.10. The van der Waals surface area contributed by atoms with Gasteiger partial charge in [-0.15, -0.1) is 0 Å². The summed E-state index contributed by atoms with van der Waals surface area (Å²) in [7, 11) is 0. The molecule has 0 radical (unpaired) electrons. The Kier molecular flexibility index (Phi) is 3.62. The van der Waals surface area contributed by atoms with Crippen molar-refractivity contribution in [1.29, 1.82) is 0 Å². The molecule has 5 heteroatoms. The number of hydrogen-bond acceptors (Lipinski definition) is 2. The average molecular weight is 307 g/mol. The van der Waals surface area contributed by atoms with Crippen LogP contribution in [0, 0.1) is 6.92 Å². The number of pyridine rings is 1. The van der Waals surface area contributed by atoms with Gasteiger partial charge < -0.3 is 10.3 Å². The van der Waals surface area contributed by atoms with Gasteiger partial charge in [0.05, 0.1) is 0 Å². The summed E-state index contributed by atoms with van der Waals surface area (Å²) in [6, 6.07) is 10.3. The zero-order valence-electron chi connectivity index (χ0n) is 9.66. The highest BCUT2D eigenvalue weighted by atomic mass is 79.9. The Morgan fingerprint density at radius 1 is 1.17 bits per heavy atom. The summed E-state index contributed by atoms with van der Waals surface area (Å²) in [6.45, 7) is 1.76. The molecule has 0 saturated carbocycles. The second-order valence-electron chi connectivity index (χ2n) is 3.85. The van der Waals surface area contributed by atoms with Crippen molar-refractivity contribution >= 4 is 27.5 Å². The monoisotopic (exact) mass is 306 g/mol. The zero-order chi connectivity index (χ0) is 13.1. The van der Waals surface area contributed by atoms with Crippen LogP contribution in [0.3, 0.4) is 0 Å². The smallest absolute Gasteiger partial charge is 0.261 e. The molecule has 0 spiro atoms. The van der Waals surface area contributed by atoms with E-state index < -0.39 is 5.91 Å². The van der Waals surface area contributed by atoms with E-state index in [0.717, 1.165) is 10.2 Å². The van der Waals surface area contributed by atoms with Crippen molar-refractivity contribution in [2.75, 3.05) is 5.32 Å². The molecule has 0 bridgehead atoms. The molecule has 0 aliphatic rings. The summed E-state index contributed by atoms with van der Waals surface area (Å²) in [5.74, 6) is -0.418. The molecule has 2 N–H and O–H groups in total. The number of hydrogen-bond donors (Lipinski definition) is 2. The van der Waals surface area contributed by atoms with Crippen molar-refractivity contribution in [3.8, 4) is 0 Å². The van der Waals surface area contributed by atoms with Crippen LogP contribution < -0.4 is 10.9 Å². The molecule has 0 atom stereocenters. The second kappa shape index (κ2) is 5.18. The van der Waals surface area contributed by atoms with E-state index in [1.54, 1.807) is 25.1 Å². The number of aromatic amines is 1. The number of rotatable bonds is 2. The summed E-state index contributed by atoms with van der Waals surface area (Å²) in [4.78, 5) is 26.1. The van der Waals surface area contributed by atoms with Gasteiger partial charge in [-0.3, -0.25) is 9.59 Å². The first-order valence-corrected chi connectivity index (χ1v) is 6.12. The van der Waals surface area contributed by atoms with Crippen LogP contribution in [0.4, 0.5) is 5.69 Å². The van der Waals surface area contributed by atoms with Gasteiger partial charge in [0.15, 0.2) is 0 Å². The Morgan fingerprint density at radius 3 is 2.44 bits per heavy atom. The lowest BCUT2D eigenvalue weighted by molar-refractivity contribution is 0.102. The predicted octanol–water partition coefficient (Wildman–Crippen LogP) is 2.70. The first-order valence-electron chi connectivity index (χ1n) is 5.33. The van der Waals surface area contributed by atoms with Crippen molar-refractivity contribution in [1.82, 2.24) is 4.98 Å². The van der Waals surface area contributed by atoms with Gasteiger partial charge in [-0.25, -0.2) is 0 Å². The highest BCUT2D eigenvalue weighted by Crippen LogP contribution is 2.14. The number of aryl methyl sites for hydroxylation is 1. The SMILES string of the molecule is Cc1ccc(C(=O)Nc2ccc(Br)cc2)c(=O)[nH]1. The second-order valence-corrected chi connectivity index (χ2v) is 4.76. The fourth-order valence-corrected chi connectivity index (χ4v) is 1.75. The normalized spacial score (nSPS) is 10.1. The molecule has 18 heavy (non-hydrogen) atoms. The summed E-state index contributed by atoms with van der Waals surface area (Å²) in [5, 5.41) is 2.67. The Balaban J connectivity index is 2.22. The standard InChI is InChI=1S/C13H11BrN2O2/c1-8-2-7-11(12(17)15-8)13(18)16-10-5-3-9(14)4-6-10/h2-7H,1H3,(H,15,17)(H,16,18). The third-order valence-electron chi connectivity index (χ3n) is 2.40. The first-order chi connectivity index (χ1) is 8.56. The lowest BCUT2D eigenvalue weighted by Gasteiger charge is -2.05. The number of H-pyrrole nitrogens is 1. The molecule has 1 aromatic heterocycles. The fourth-order valence-electron chi connectivity index (χ4n) is 1.48. The van der Waals surface area contributed by atoms with E-state index in [2.05, 4.69) is 26.2 Å². The number of anilines is 1. The molecule has 0 fully saturated rings. The van der Waals surface area contributed by atoms with Gasteiger partial charge in [0.25, 0.3) is 11.5 Å². The van der Waals surface area contributed by atoms with Crippen LogP contribution in [-0.4, -0.2) is 10.9 Å². The predicted molar refractivity (Wildman–Crippen MR) is 73.9 cm³/mol. The molecule has 0 unspecified atom stereocenters. The van der Waals surface area contributed by atoms with Crippen LogP contribution in [0.2, 0.25) is 0 Å². The fraction of sp³-hybridized carbons (Fsp3) is 0.0769. The van der Waals surface area contributed by atoms with E-state index in [0.29, 0.717) is 5.69 Å². The minimum atomic E-state index is -0.418. The van der Waals surface area contributed by atoms with E-state index >= 15 is 0 Å². The summed E-state index contributed by atoms with van der Waals surface area (Å²) < 4.78 is 0.925.